The molecular weight excluding hydrogens is 339 g/mol. The van der Waals surface area contributed by atoms with Crippen LogP contribution in [0, 0.1) is 27.0 Å². The molecule has 20 heavy (non-hydrogen) atoms. The molecule has 0 spiro atoms. The minimum absolute atomic E-state index is 0. The average molecular weight is 367 g/mol. The number of hydrogen-bond acceptors (Lipinski definition) is 0. The van der Waals surface area contributed by atoms with Crippen LogP contribution in [0.2, 0.25) is 0 Å². The van der Waals surface area contributed by atoms with E-state index in [0.29, 0.717) is 0 Å². The molecule has 118 valence electrons. The maximum atomic E-state index is 3.19. The van der Waals surface area contributed by atoms with E-state index in [0.717, 1.165) is 12.8 Å². The third kappa shape index (κ3) is 16.5. The molecule has 0 radical (unpaired) electrons. The summed E-state index contributed by atoms with van der Waals surface area (Å²) in [6.45, 7) is 8.42. The van der Waals surface area contributed by atoms with Crippen LogP contribution in [-0.2, 0) is 19.2 Å². The fourth-order valence-corrected chi connectivity index (χ4v) is 1.50. The first kappa shape index (κ1) is 32.4. The third-order valence-electron chi connectivity index (χ3n) is 2.22. The molecule has 0 bridgehead atoms. The topological polar surface area (TPSA) is 0 Å². The van der Waals surface area contributed by atoms with Gasteiger partial charge in [-0.25, -0.2) is 23.3 Å². The van der Waals surface area contributed by atoms with Gasteiger partial charge in [-0.1, -0.05) is 27.7 Å². The van der Waals surface area contributed by atoms with E-state index in [4.69, 9.17) is 0 Å². The Hall–Kier alpha value is 0.471. The molecule has 0 saturated heterocycles. The molecule has 0 nitrogen and oxygen atoms in total. The average Bonchev–Trinajstić information content (AvgIpc) is 2.80. The van der Waals surface area contributed by atoms with Gasteiger partial charge in [-0.05, 0) is 0 Å². The molecule has 0 atom stereocenters. The van der Waals surface area contributed by atoms with Gasteiger partial charge in [0.15, 0.2) is 0 Å². The van der Waals surface area contributed by atoms with E-state index in [2.05, 4.69) is 52.0 Å². The monoisotopic (exact) mass is 366 g/mol. The summed E-state index contributed by atoms with van der Waals surface area (Å²) in [5, 5.41) is 0. The van der Waals surface area contributed by atoms with E-state index in [1.54, 1.807) is 0 Å². The molecule has 4 heteroatoms. The number of hydrogen-bond donors (Lipinski definition) is 0. The molecule has 2 rings (SSSR count). The molecule has 0 saturated carbocycles. The summed E-state index contributed by atoms with van der Waals surface area (Å²) in [5.74, 6) is 0. The van der Waals surface area contributed by atoms with Crippen LogP contribution in [0.3, 0.4) is 0 Å². The van der Waals surface area contributed by atoms with Gasteiger partial charge in [-0.3, -0.25) is 12.2 Å². The Labute approximate surface area is 153 Å². The van der Waals surface area contributed by atoms with Gasteiger partial charge in [0.2, 0.25) is 0 Å². The Balaban J connectivity index is -0.0000000566. The van der Waals surface area contributed by atoms with E-state index in [-0.39, 0.29) is 39.7 Å². The van der Waals surface area contributed by atoms with E-state index in [1.807, 2.05) is 26.8 Å². The molecule has 0 aromatic heterocycles. The van der Waals surface area contributed by atoms with Gasteiger partial charge in [-0.15, -0.1) is 37.7 Å². The third-order valence-corrected chi connectivity index (χ3v) is 2.22. The van der Waals surface area contributed by atoms with Crippen LogP contribution in [-0.4, -0.2) is 7.63 Å². The van der Waals surface area contributed by atoms with E-state index in [9.17, 15) is 0 Å². The van der Waals surface area contributed by atoms with Gasteiger partial charge in [0, 0.05) is 0 Å². The molecule has 0 heterocycles. The minimum atomic E-state index is 0. The summed E-state index contributed by atoms with van der Waals surface area (Å²) in [4.78, 5) is 0. The van der Waals surface area contributed by atoms with Crippen LogP contribution in [0.5, 0.6) is 0 Å². The first-order valence-corrected chi connectivity index (χ1v) is 9.44. The quantitative estimate of drug-likeness (QED) is 0.418. The fourth-order valence-electron chi connectivity index (χ4n) is 1.50. The summed E-state index contributed by atoms with van der Waals surface area (Å²) in [7, 11) is 1.86. The molecule has 0 aliphatic heterocycles. The van der Waals surface area contributed by atoms with Gasteiger partial charge < -0.3 is 14.9 Å². The van der Waals surface area contributed by atoms with Crippen LogP contribution < -0.4 is 0 Å². The van der Waals surface area contributed by atoms with Crippen molar-refractivity contribution < 1.29 is 19.2 Å². The van der Waals surface area contributed by atoms with Crippen molar-refractivity contribution in [2.24, 2.45) is 0 Å². The summed E-state index contributed by atoms with van der Waals surface area (Å²) in [5.41, 5.74) is 5.44. The molecule has 0 N–H and O–H groups in total. The van der Waals surface area contributed by atoms with Crippen molar-refractivity contribution in [3.05, 3.63) is 61.4 Å². The van der Waals surface area contributed by atoms with Crippen molar-refractivity contribution in [1.82, 2.24) is 0 Å². The second-order valence-electron chi connectivity index (χ2n) is 4.05. The van der Waals surface area contributed by atoms with Crippen molar-refractivity contribution in [1.29, 1.82) is 0 Å². The first-order valence-electron chi connectivity index (χ1n) is 5.42. The molecule has 0 amide bonds. The van der Waals surface area contributed by atoms with Crippen LogP contribution in [0.15, 0.2) is 34.4 Å². The van der Waals surface area contributed by atoms with Crippen molar-refractivity contribution >= 4 is 32.4 Å². The molecule has 0 aromatic rings. The predicted octanol–water partition coefficient (Wildman–Crippen LogP) is 5.00. The summed E-state index contributed by atoms with van der Waals surface area (Å²) in [6.07, 6.45) is 12.8. The van der Waals surface area contributed by atoms with Gasteiger partial charge in [0.1, 0.15) is 0 Å². The van der Waals surface area contributed by atoms with E-state index >= 15 is 0 Å². The zero-order valence-corrected chi connectivity index (χ0v) is 18.2. The number of halogens is 2. The molecule has 0 fully saturated rings. The van der Waals surface area contributed by atoms with Gasteiger partial charge in [0.25, 0.3) is 0 Å². The standard InChI is InChI=1S/2C7H9.2CH3.2ClH.H2Si.Ti/c2*1-6-3-4-7(2)5-6;;;;;;/h2*5H,3H2,1-2H3;2*1H3;2*1H;1H2;/q4*-1;;;;. The summed E-state index contributed by atoms with van der Waals surface area (Å²) >= 11 is 2.03. The molecule has 2 aliphatic carbocycles. The van der Waals surface area contributed by atoms with Crippen LogP contribution >= 0.6 is 24.8 Å². The van der Waals surface area contributed by atoms with Gasteiger partial charge >= 0.3 is 26.8 Å². The van der Waals surface area contributed by atoms with Crippen LogP contribution in [0.4, 0.5) is 0 Å². The SMILES string of the molecule is CC1=[C-]CC(C)=C1.CC1=[C-]CC(C)=C1.Cl.Cl.[CH3-].[CH3-].[SiH2]=[Ti]. The van der Waals surface area contributed by atoms with Gasteiger partial charge in [0.05, 0.1) is 0 Å². The van der Waals surface area contributed by atoms with Crippen molar-refractivity contribution in [3.63, 3.8) is 0 Å². The Morgan fingerprint density at radius 2 is 1.05 bits per heavy atom. The number of rotatable bonds is 0. The molecule has 0 unspecified atom stereocenters. The van der Waals surface area contributed by atoms with Crippen molar-refractivity contribution in [3.8, 4) is 0 Å². The molecule has 2 aliphatic rings. The van der Waals surface area contributed by atoms with E-state index in [1.165, 1.54) is 22.3 Å². The zero-order valence-electron chi connectivity index (χ0n) is 13.6. The second-order valence-corrected chi connectivity index (χ2v) is 4.05. The predicted molar refractivity (Wildman–Crippen MR) is 97.5 cm³/mol. The molecule has 0 aromatic carbocycles. The van der Waals surface area contributed by atoms with E-state index < -0.39 is 0 Å². The van der Waals surface area contributed by atoms with Gasteiger partial charge in [-0.2, -0.15) is 11.1 Å². The normalized spacial score (nSPS) is 13.6. The summed E-state index contributed by atoms with van der Waals surface area (Å²) in [6, 6.07) is 0. The summed E-state index contributed by atoms with van der Waals surface area (Å²) < 4.78 is 0. The number of allylic oxidation sites excluding steroid dienone is 8. The Kier molecular flexibility index (Phi) is 31.6. The Morgan fingerprint density at radius 3 is 1.10 bits per heavy atom. The van der Waals surface area contributed by atoms with Crippen molar-refractivity contribution in [2.45, 2.75) is 40.5 Å². The van der Waals surface area contributed by atoms with Crippen molar-refractivity contribution in [2.75, 3.05) is 0 Å². The Bertz CT molecular complexity index is 321. The van der Waals surface area contributed by atoms with Crippen LogP contribution in [0.25, 0.3) is 0 Å². The zero-order chi connectivity index (χ0) is 12.6. The second kappa shape index (κ2) is 19.5. The first-order chi connectivity index (χ1) is 7.58. The fraction of sp³-hybridized carbons (Fsp3) is 0.375. The molecular formula is C16H28Cl2SiTi-4. The maximum absolute atomic E-state index is 3.19. The van der Waals surface area contributed by atoms with Crippen LogP contribution in [0.1, 0.15) is 40.5 Å². The Morgan fingerprint density at radius 1 is 0.800 bits per heavy atom.